The quantitative estimate of drug-likeness (QED) is 0.322. The molecule has 0 unspecified atom stereocenters. The van der Waals surface area contributed by atoms with Gasteiger partial charge in [-0.1, -0.05) is 38.1 Å². The molecular formula is C26H33FN4O4S. The van der Waals surface area contributed by atoms with Gasteiger partial charge >= 0.3 is 12.0 Å². The Labute approximate surface area is 214 Å². The normalized spacial score (nSPS) is 14.9. The standard InChI is InChI=1S/C26H33FN4O4S/c1-15(2)12-21(25(33)35-18-7-3-4-8-18)30-11-5-6-16-9-10-17(13-20(16)27)22-14-19(23(28)32)24(36-22)31-26(29)34/h5-6,9-10,13-15,18,21,30H,3-4,7-8,11-12H2,1-2H3,(H2,28,32)(H3,29,31,34)/b6-5+/t21-/m1/s1. The van der Waals surface area contributed by atoms with Crippen LogP contribution in [0, 0.1) is 11.7 Å². The average molecular weight is 517 g/mol. The van der Waals surface area contributed by atoms with E-state index in [4.69, 9.17) is 16.2 Å². The summed E-state index contributed by atoms with van der Waals surface area (Å²) in [5.41, 5.74) is 11.5. The molecule has 1 aromatic heterocycles. The van der Waals surface area contributed by atoms with Crippen LogP contribution in [0.15, 0.2) is 30.3 Å². The first-order valence-electron chi connectivity index (χ1n) is 12.0. The van der Waals surface area contributed by atoms with Gasteiger partial charge in [0.25, 0.3) is 5.91 Å². The van der Waals surface area contributed by atoms with Crippen molar-refractivity contribution >= 4 is 40.3 Å². The van der Waals surface area contributed by atoms with Crippen LogP contribution >= 0.6 is 11.3 Å². The van der Waals surface area contributed by atoms with Gasteiger partial charge in [-0.2, -0.15) is 0 Å². The number of hydrogen-bond acceptors (Lipinski definition) is 6. The molecule has 6 N–H and O–H groups in total. The number of carbonyl (C=O) groups excluding carboxylic acids is 3. The molecule has 1 aliphatic rings. The van der Waals surface area contributed by atoms with Crippen molar-refractivity contribution in [3.63, 3.8) is 0 Å². The Bertz CT molecular complexity index is 1130. The van der Waals surface area contributed by atoms with E-state index in [1.807, 2.05) is 0 Å². The van der Waals surface area contributed by atoms with Crippen LogP contribution in [0.1, 0.15) is 61.9 Å². The van der Waals surface area contributed by atoms with Crippen LogP contribution in [-0.4, -0.2) is 36.6 Å². The van der Waals surface area contributed by atoms with Crippen LogP contribution in [0.4, 0.5) is 14.2 Å². The van der Waals surface area contributed by atoms with Gasteiger partial charge in [-0.05, 0) is 55.7 Å². The van der Waals surface area contributed by atoms with Gasteiger partial charge in [-0.15, -0.1) is 11.3 Å². The van der Waals surface area contributed by atoms with Crippen molar-refractivity contribution < 1.29 is 23.5 Å². The van der Waals surface area contributed by atoms with Crippen molar-refractivity contribution in [3.8, 4) is 10.4 Å². The SMILES string of the molecule is CC(C)C[C@@H](NC/C=C/c1ccc(-c2cc(C(N)=O)c(NC(N)=O)s2)cc1F)C(=O)OC1CCCC1. The molecule has 1 aromatic carbocycles. The van der Waals surface area contributed by atoms with Gasteiger partial charge in [0.1, 0.15) is 23.0 Å². The van der Waals surface area contributed by atoms with E-state index in [1.54, 1.807) is 24.3 Å². The fourth-order valence-electron chi connectivity index (χ4n) is 4.12. The molecular weight excluding hydrogens is 483 g/mol. The number of amides is 3. The van der Waals surface area contributed by atoms with Crippen LogP contribution < -0.4 is 22.1 Å². The minimum atomic E-state index is -0.825. The van der Waals surface area contributed by atoms with Crippen LogP contribution in [0.2, 0.25) is 0 Å². The first-order chi connectivity index (χ1) is 17.1. The fraction of sp³-hybridized carbons (Fsp3) is 0.423. The first kappa shape index (κ1) is 27.3. The highest BCUT2D eigenvalue weighted by molar-refractivity contribution is 7.20. The number of hydrogen-bond donors (Lipinski definition) is 4. The highest BCUT2D eigenvalue weighted by atomic mass is 32.1. The third kappa shape index (κ3) is 7.63. The molecule has 0 radical (unpaired) electrons. The van der Waals surface area contributed by atoms with Crippen molar-refractivity contribution in [2.75, 3.05) is 11.9 Å². The molecule has 0 saturated heterocycles. The van der Waals surface area contributed by atoms with E-state index in [0.29, 0.717) is 34.9 Å². The molecule has 0 spiro atoms. The number of benzene rings is 1. The molecule has 2 aromatic rings. The Morgan fingerprint density at radius 2 is 1.92 bits per heavy atom. The lowest BCUT2D eigenvalue weighted by molar-refractivity contribution is -0.151. The third-order valence-corrected chi connectivity index (χ3v) is 6.97. The first-order valence-corrected chi connectivity index (χ1v) is 12.9. The number of halogens is 1. The number of primary amides is 2. The second-order valence-corrected chi connectivity index (χ2v) is 10.3. The summed E-state index contributed by atoms with van der Waals surface area (Å²) in [6.07, 6.45) is 8.12. The molecule has 1 aliphatic carbocycles. The van der Waals surface area contributed by atoms with Crippen LogP contribution in [-0.2, 0) is 9.53 Å². The van der Waals surface area contributed by atoms with Crippen LogP contribution in [0.25, 0.3) is 16.5 Å². The maximum Gasteiger partial charge on any atom is 0.323 e. The zero-order valence-electron chi connectivity index (χ0n) is 20.5. The van der Waals surface area contributed by atoms with E-state index in [0.717, 1.165) is 37.0 Å². The van der Waals surface area contributed by atoms with Crippen LogP contribution in [0.3, 0.4) is 0 Å². The molecule has 3 rings (SSSR count). The van der Waals surface area contributed by atoms with Gasteiger partial charge in [0.05, 0.1) is 5.56 Å². The minimum Gasteiger partial charge on any atom is -0.461 e. The molecule has 1 heterocycles. The molecule has 10 heteroatoms. The van der Waals surface area contributed by atoms with Gasteiger partial charge in [-0.25, -0.2) is 9.18 Å². The highest BCUT2D eigenvalue weighted by Crippen LogP contribution is 2.36. The van der Waals surface area contributed by atoms with Crippen molar-refractivity contribution in [1.29, 1.82) is 0 Å². The molecule has 0 aliphatic heterocycles. The Kier molecular flexibility index (Phi) is 9.60. The van der Waals surface area contributed by atoms with Gasteiger partial charge < -0.3 is 21.5 Å². The predicted octanol–water partition coefficient (Wildman–Crippen LogP) is 4.65. The summed E-state index contributed by atoms with van der Waals surface area (Å²) >= 11 is 1.08. The Morgan fingerprint density at radius 1 is 1.19 bits per heavy atom. The third-order valence-electron chi connectivity index (χ3n) is 5.88. The molecule has 0 bridgehead atoms. The maximum absolute atomic E-state index is 14.8. The Balaban J connectivity index is 1.64. The molecule has 36 heavy (non-hydrogen) atoms. The van der Waals surface area contributed by atoms with E-state index >= 15 is 0 Å². The summed E-state index contributed by atoms with van der Waals surface area (Å²) < 4.78 is 20.5. The van der Waals surface area contributed by atoms with Crippen molar-refractivity contribution in [2.45, 2.75) is 58.1 Å². The lowest BCUT2D eigenvalue weighted by Gasteiger charge is -2.21. The maximum atomic E-state index is 14.8. The predicted molar refractivity (Wildman–Crippen MR) is 140 cm³/mol. The molecule has 8 nitrogen and oxygen atoms in total. The van der Waals surface area contributed by atoms with Gasteiger partial charge in [0, 0.05) is 17.0 Å². The lowest BCUT2D eigenvalue weighted by atomic mass is 10.0. The van der Waals surface area contributed by atoms with Crippen LogP contribution in [0.5, 0.6) is 0 Å². The topological polar surface area (TPSA) is 137 Å². The average Bonchev–Trinajstić information content (AvgIpc) is 3.46. The van der Waals surface area contributed by atoms with E-state index in [9.17, 15) is 18.8 Å². The van der Waals surface area contributed by atoms with E-state index in [1.165, 1.54) is 12.1 Å². The largest absolute Gasteiger partial charge is 0.461 e. The van der Waals surface area contributed by atoms with E-state index < -0.39 is 23.8 Å². The molecule has 1 atom stereocenters. The van der Waals surface area contributed by atoms with E-state index in [-0.39, 0.29) is 22.6 Å². The number of carbonyl (C=O) groups is 3. The Hall–Kier alpha value is -3.24. The van der Waals surface area contributed by atoms with Gasteiger partial charge in [0.15, 0.2) is 0 Å². The summed E-state index contributed by atoms with van der Waals surface area (Å²) in [4.78, 5) is 36.0. The smallest absolute Gasteiger partial charge is 0.323 e. The number of nitrogens with one attached hydrogen (secondary N) is 2. The Morgan fingerprint density at radius 3 is 2.53 bits per heavy atom. The number of rotatable bonds is 11. The van der Waals surface area contributed by atoms with Crippen molar-refractivity contribution in [2.24, 2.45) is 17.4 Å². The summed E-state index contributed by atoms with van der Waals surface area (Å²) in [6, 6.07) is 4.93. The number of ether oxygens (including phenoxy) is 1. The lowest BCUT2D eigenvalue weighted by Crippen LogP contribution is -2.40. The zero-order valence-corrected chi connectivity index (χ0v) is 21.3. The highest BCUT2D eigenvalue weighted by Gasteiger charge is 2.25. The summed E-state index contributed by atoms with van der Waals surface area (Å²) in [5, 5.41) is 5.79. The summed E-state index contributed by atoms with van der Waals surface area (Å²) in [5.74, 6) is -1.09. The number of thiophene rings is 1. The summed E-state index contributed by atoms with van der Waals surface area (Å²) in [7, 11) is 0. The number of nitrogens with two attached hydrogens (primary N) is 2. The fourth-order valence-corrected chi connectivity index (χ4v) is 5.18. The molecule has 1 saturated carbocycles. The van der Waals surface area contributed by atoms with Gasteiger partial charge in [-0.3, -0.25) is 14.9 Å². The van der Waals surface area contributed by atoms with E-state index in [2.05, 4.69) is 24.5 Å². The summed E-state index contributed by atoms with van der Waals surface area (Å²) in [6.45, 7) is 4.49. The minimum absolute atomic E-state index is 0.0159. The second kappa shape index (κ2) is 12.6. The van der Waals surface area contributed by atoms with Gasteiger partial charge in [0.2, 0.25) is 0 Å². The molecule has 194 valence electrons. The number of esters is 1. The zero-order chi connectivity index (χ0) is 26.2. The monoisotopic (exact) mass is 516 g/mol. The second-order valence-electron chi connectivity index (χ2n) is 9.28. The molecule has 1 fully saturated rings. The van der Waals surface area contributed by atoms with Crippen molar-refractivity contribution in [3.05, 3.63) is 47.3 Å². The number of anilines is 1. The number of urea groups is 1. The molecule has 3 amide bonds. The van der Waals surface area contributed by atoms with Crippen molar-refractivity contribution in [1.82, 2.24) is 5.32 Å².